The summed E-state index contributed by atoms with van der Waals surface area (Å²) in [6.07, 6.45) is 0. The Balaban J connectivity index is 3.04. The zero-order valence-corrected chi connectivity index (χ0v) is 6.45. The molecule has 0 spiro atoms. The molecule has 1 aromatic rings. The van der Waals surface area contributed by atoms with Gasteiger partial charge in [0.25, 0.3) is 0 Å². The summed E-state index contributed by atoms with van der Waals surface area (Å²) in [5.74, 6) is -0.152. The van der Waals surface area contributed by atoms with Gasteiger partial charge in [-0.1, -0.05) is 12.1 Å². The Kier molecular flexibility index (Phi) is 2.57. The highest BCUT2D eigenvalue weighted by Gasteiger charge is 2.03. The van der Waals surface area contributed by atoms with Crippen LogP contribution in [-0.4, -0.2) is 5.91 Å². The number of carbonyl (C=O) groups excluding carboxylic acids is 1. The molecule has 12 heavy (non-hydrogen) atoms. The maximum Gasteiger partial charge on any atom is 0.315 e. The molecule has 0 fully saturated rings. The van der Waals surface area contributed by atoms with Crippen molar-refractivity contribution in [3.05, 3.63) is 48.3 Å². The number of quaternary nitrogens is 1. The van der Waals surface area contributed by atoms with E-state index < -0.39 is 0 Å². The van der Waals surface area contributed by atoms with Gasteiger partial charge in [-0.3, -0.25) is 0 Å². The van der Waals surface area contributed by atoms with Crippen molar-refractivity contribution in [2.45, 2.75) is 0 Å². The Morgan fingerprint density at radius 3 is 2.92 bits per heavy atom. The van der Waals surface area contributed by atoms with Crippen molar-refractivity contribution in [1.82, 2.24) is 0 Å². The van der Waals surface area contributed by atoms with Crippen LogP contribution in [-0.2, 0) is 0 Å². The van der Waals surface area contributed by atoms with Crippen molar-refractivity contribution in [1.29, 1.82) is 0 Å². The average molecular weight is 160 g/mol. The van der Waals surface area contributed by atoms with Gasteiger partial charge < -0.3 is 5.32 Å². The van der Waals surface area contributed by atoms with Crippen LogP contribution >= 0.6 is 0 Å². The molecular weight excluding hydrogens is 152 g/mol. The van der Waals surface area contributed by atoms with Crippen LogP contribution in [0.25, 0.3) is 4.85 Å². The summed E-state index contributed by atoms with van der Waals surface area (Å²) < 4.78 is 0. The van der Waals surface area contributed by atoms with Crippen LogP contribution in [0.1, 0.15) is 10.4 Å². The number of primary amides is 1. The second-order valence-corrected chi connectivity index (χ2v) is 2.23. The SMILES string of the molecule is [C-]#[N+]c1cccc(C(=O)[NH2+][CH2-])c1. The Bertz CT molecular complexity index is 339. The highest BCUT2D eigenvalue weighted by molar-refractivity contribution is 5.87. The molecule has 1 aromatic carbocycles. The maximum absolute atomic E-state index is 11.1. The number of hydrogen-bond acceptors (Lipinski definition) is 1. The summed E-state index contributed by atoms with van der Waals surface area (Å²) in [6, 6.07) is 6.56. The molecule has 3 nitrogen and oxygen atoms in total. The fourth-order valence-electron chi connectivity index (χ4n) is 0.847. The number of nitrogens with two attached hydrogens (primary N) is 1. The van der Waals surface area contributed by atoms with Gasteiger partial charge >= 0.3 is 5.91 Å². The number of benzene rings is 1. The first-order valence-electron chi connectivity index (χ1n) is 3.42. The van der Waals surface area contributed by atoms with Crippen molar-refractivity contribution in [2.75, 3.05) is 0 Å². The first-order chi connectivity index (χ1) is 5.77. The second kappa shape index (κ2) is 3.65. The van der Waals surface area contributed by atoms with Crippen molar-refractivity contribution in [2.24, 2.45) is 0 Å². The second-order valence-electron chi connectivity index (χ2n) is 2.23. The third-order valence-corrected chi connectivity index (χ3v) is 1.45. The number of hydrogen-bond donors (Lipinski definition) is 1. The minimum absolute atomic E-state index is 0.152. The molecule has 0 atom stereocenters. The molecule has 0 aliphatic rings. The van der Waals surface area contributed by atoms with Crippen LogP contribution in [0.3, 0.4) is 0 Å². The van der Waals surface area contributed by atoms with E-state index in [-0.39, 0.29) is 5.91 Å². The van der Waals surface area contributed by atoms with Crippen molar-refractivity contribution in [3.63, 3.8) is 0 Å². The minimum Gasteiger partial charge on any atom is -0.411 e. The number of nitrogens with zero attached hydrogens (tertiary/aromatic N) is 1. The molecule has 0 aliphatic heterocycles. The largest absolute Gasteiger partial charge is 0.411 e. The molecule has 0 aromatic heterocycles. The van der Waals surface area contributed by atoms with Crippen molar-refractivity contribution >= 4 is 11.6 Å². The zero-order valence-electron chi connectivity index (χ0n) is 6.45. The molecule has 0 saturated carbocycles. The van der Waals surface area contributed by atoms with Crippen LogP contribution in [0.2, 0.25) is 0 Å². The Labute approximate surface area is 70.8 Å². The predicted octanol–water partition coefficient (Wildman–Crippen LogP) is 0.733. The average Bonchev–Trinajstić information content (AvgIpc) is 2.17. The van der Waals surface area contributed by atoms with Crippen LogP contribution < -0.4 is 5.32 Å². The van der Waals surface area contributed by atoms with Gasteiger partial charge in [0.15, 0.2) is 5.69 Å². The molecule has 0 saturated heterocycles. The van der Waals surface area contributed by atoms with E-state index in [1.807, 2.05) is 0 Å². The third kappa shape index (κ3) is 1.68. The van der Waals surface area contributed by atoms with Gasteiger partial charge in [-0.15, -0.1) is 7.05 Å². The van der Waals surface area contributed by atoms with E-state index in [1.165, 1.54) is 5.32 Å². The molecule has 0 heterocycles. The minimum atomic E-state index is -0.152. The summed E-state index contributed by atoms with van der Waals surface area (Å²) in [6.45, 7) is 6.73. The highest BCUT2D eigenvalue weighted by Crippen LogP contribution is 2.12. The fourth-order valence-corrected chi connectivity index (χ4v) is 0.847. The molecule has 0 bridgehead atoms. The Hall–Kier alpha value is -1.66. The van der Waals surface area contributed by atoms with E-state index >= 15 is 0 Å². The lowest BCUT2D eigenvalue weighted by atomic mass is 10.2. The van der Waals surface area contributed by atoms with E-state index in [0.717, 1.165) is 0 Å². The van der Waals surface area contributed by atoms with Crippen molar-refractivity contribution in [3.8, 4) is 0 Å². The standard InChI is InChI=1S/C9H8N2O/c1-10-8-5-3-4-7(6-8)9(12)11-2/h3-6H,2,11H2. The summed E-state index contributed by atoms with van der Waals surface area (Å²) in [5, 5.41) is 1.24. The quantitative estimate of drug-likeness (QED) is 0.604. The molecule has 60 valence electrons. The van der Waals surface area contributed by atoms with Crippen LogP contribution in [0.4, 0.5) is 5.69 Å². The van der Waals surface area contributed by atoms with Gasteiger partial charge in [-0.05, 0) is 12.1 Å². The van der Waals surface area contributed by atoms with Crippen LogP contribution in [0.15, 0.2) is 24.3 Å². The lowest BCUT2D eigenvalue weighted by Crippen LogP contribution is -2.81. The normalized spacial score (nSPS) is 9.00. The van der Waals surface area contributed by atoms with Crippen molar-refractivity contribution < 1.29 is 10.1 Å². The molecule has 2 N–H and O–H groups in total. The summed E-state index contributed by atoms with van der Waals surface area (Å²) in [7, 11) is 3.37. The monoisotopic (exact) mass is 160 g/mol. The third-order valence-electron chi connectivity index (χ3n) is 1.45. The molecule has 3 heteroatoms. The molecule has 1 rings (SSSR count). The smallest absolute Gasteiger partial charge is 0.315 e. The fraction of sp³-hybridized carbons (Fsp3) is 0. The molecule has 1 amide bonds. The molecule has 0 unspecified atom stereocenters. The van der Waals surface area contributed by atoms with E-state index in [0.29, 0.717) is 11.3 Å². The van der Waals surface area contributed by atoms with Gasteiger partial charge in [-0.25, -0.2) is 9.64 Å². The number of rotatable bonds is 1. The molecular formula is C9H8N2O. The summed E-state index contributed by atoms with van der Waals surface area (Å²) >= 11 is 0. The zero-order chi connectivity index (χ0) is 8.97. The lowest BCUT2D eigenvalue weighted by molar-refractivity contribution is -0.489. The predicted molar refractivity (Wildman–Crippen MR) is 44.3 cm³/mol. The Morgan fingerprint density at radius 2 is 2.33 bits per heavy atom. The van der Waals surface area contributed by atoms with Gasteiger partial charge in [0.05, 0.1) is 12.1 Å². The molecule has 0 aliphatic carbocycles. The topological polar surface area (TPSA) is 38.0 Å². The van der Waals surface area contributed by atoms with E-state index in [4.69, 9.17) is 6.57 Å². The Morgan fingerprint density at radius 1 is 1.58 bits per heavy atom. The molecule has 0 radical (unpaired) electrons. The van der Waals surface area contributed by atoms with Crippen LogP contribution in [0, 0.1) is 13.6 Å². The summed E-state index contributed by atoms with van der Waals surface area (Å²) in [4.78, 5) is 14.3. The first kappa shape index (κ1) is 8.44. The highest BCUT2D eigenvalue weighted by atomic mass is 16.1. The number of amides is 1. The van der Waals surface area contributed by atoms with Gasteiger partial charge in [0.1, 0.15) is 0 Å². The first-order valence-corrected chi connectivity index (χ1v) is 3.42. The maximum atomic E-state index is 11.1. The van der Waals surface area contributed by atoms with E-state index in [2.05, 4.69) is 11.9 Å². The van der Waals surface area contributed by atoms with Gasteiger partial charge in [0.2, 0.25) is 0 Å². The van der Waals surface area contributed by atoms with Crippen LogP contribution in [0.5, 0.6) is 0 Å². The number of carbonyl (C=O) groups is 1. The van der Waals surface area contributed by atoms with Gasteiger partial charge in [0, 0.05) is 0 Å². The lowest BCUT2D eigenvalue weighted by Gasteiger charge is -1.97. The summed E-state index contributed by atoms with van der Waals surface area (Å²) in [5.41, 5.74) is 0.987. The van der Waals surface area contributed by atoms with Gasteiger partial charge in [-0.2, -0.15) is 0 Å². The van der Waals surface area contributed by atoms with E-state index in [1.54, 1.807) is 24.3 Å². The van der Waals surface area contributed by atoms with E-state index in [9.17, 15) is 4.79 Å².